The number of carbonyl (C=O) groups is 1. The van der Waals surface area contributed by atoms with E-state index in [1.165, 1.54) is 13.2 Å². The van der Waals surface area contributed by atoms with Crippen molar-refractivity contribution in [3.05, 3.63) is 11.6 Å². The van der Waals surface area contributed by atoms with Crippen molar-refractivity contribution in [3.63, 3.8) is 0 Å². The Bertz CT molecular complexity index is 193. The molecule has 0 rings (SSSR count). The zero-order valence-electron chi connectivity index (χ0n) is 7.64. The van der Waals surface area contributed by atoms with Gasteiger partial charge in [-0.15, -0.1) is 0 Å². The van der Waals surface area contributed by atoms with Crippen LogP contribution in [0.2, 0.25) is 0 Å². The minimum atomic E-state index is -2.37. The second-order valence-corrected chi connectivity index (χ2v) is 2.43. The molecule has 0 amide bonds. The lowest BCUT2D eigenvalue weighted by molar-refractivity contribution is -0.136. The van der Waals surface area contributed by atoms with Crippen LogP contribution in [-0.2, 0) is 9.53 Å². The van der Waals surface area contributed by atoms with Gasteiger partial charge in [0.25, 0.3) is 6.43 Å². The van der Waals surface area contributed by atoms with Crippen molar-refractivity contribution in [1.29, 1.82) is 0 Å². The summed E-state index contributed by atoms with van der Waals surface area (Å²) in [5.41, 5.74) is 0.407. The SMILES string of the molecule is COC(=O)C(C)=CCNCC(F)F. The Labute approximate surface area is 75.8 Å². The number of methoxy groups -OCH3 is 1. The maximum Gasteiger partial charge on any atom is 0.333 e. The molecule has 0 aliphatic heterocycles. The van der Waals surface area contributed by atoms with Gasteiger partial charge in [-0.1, -0.05) is 6.08 Å². The molecule has 76 valence electrons. The highest BCUT2D eigenvalue weighted by Gasteiger charge is 2.02. The smallest absolute Gasteiger partial charge is 0.333 e. The van der Waals surface area contributed by atoms with Crippen molar-refractivity contribution < 1.29 is 18.3 Å². The van der Waals surface area contributed by atoms with Gasteiger partial charge in [0.1, 0.15) is 0 Å². The molecule has 3 nitrogen and oxygen atoms in total. The second kappa shape index (κ2) is 6.54. The average Bonchev–Trinajstić information content (AvgIpc) is 2.10. The second-order valence-electron chi connectivity index (χ2n) is 2.43. The van der Waals surface area contributed by atoms with Crippen LogP contribution >= 0.6 is 0 Å². The average molecular weight is 193 g/mol. The van der Waals surface area contributed by atoms with Crippen molar-refractivity contribution in [1.82, 2.24) is 5.32 Å². The fourth-order valence-corrected chi connectivity index (χ4v) is 0.662. The monoisotopic (exact) mass is 193 g/mol. The van der Waals surface area contributed by atoms with Gasteiger partial charge in [0, 0.05) is 12.1 Å². The Morgan fingerprint density at radius 1 is 1.62 bits per heavy atom. The number of esters is 1. The first-order valence-electron chi connectivity index (χ1n) is 3.82. The lowest BCUT2D eigenvalue weighted by Crippen LogP contribution is -2.21. The van der Waals surface area contributed by atoms with Crippen LogP contribution in [-0.4, -0.2) is 32.6 Å². The van der Waals surface area contributed by atoms with Gasteiger partial charge in [-0.3, -0.25) is 0 Å². The van der Waals surface area contributed by atoms with E-state index in [0.717, 1.165) is 0 Å². The third-order valence-corrected chi connectivity index (χ3v) is 1.36. The lowest BCUT2D eigenvalue weighted by Gasteiger charge is -2.01. The van der Waals surface area contributed by atoms with Gasteiger partial charge in [-0.2, -0.15) is 0 Å². The standard InChI is InChI=1S/C8H13F2NO2/c1-6(8(12)13-2)3-4-11-5-7(9)10/h3,7,11H,4-5H2,1-2H3. The van der Waals surface area contributed by atoms with E-state index in [-0.39, 0.29) is 13.1 Å². The quantitative estimate of drug-likeness (QED) is 0.401. The molecule has 0 radical (unpaired) electrons. The summed E-state index contributed by atoms with van der Waals surface area (Å²) in [7, 11) is 1.27. The molecular formula is C8H13F2NO2. The summed E-state index contributed by atoms with van der Waals surface area (Å²) in [5.74, 6) is -0.446. The Hall–Kier alpha value is -0.970. The minimum Gasteiger partial charge on any atom is -0.466 e. The fourth-order valence-electron chi connectivity index (χ4n) is 0.662. The number of ether oxygens (including phenoxy) is 1. The molecule has 0 aliphatic carbocycles. The van der Waals surface area contributed by atoms with Crippen LogP contribution in [0.1, 0.15) is 6.92 Å². The van der Waals surface area contributed by atoms with Crippen LogP contribution in [0.4, 0.5) is 8.78 Å². The molecule has 0 bridgehead atoms. The van der Waals surface area contributed by atoms with Crippen LogP contribution < -0.4 is 5.32 Å². The maximum absolute atomic E-state index is 11.6. The van der Waals surface area contributed by atoms with E-state index in [9.17, 15) is 13.6 Å². The van der Waals surface area contributed by atoms with Gasteiger partial charge in [0.2, 0.25) is 0 Å². The molecule has 1 N–H and O–H groups in total. The van der Waals surface area contributed by atoms with Crippen LogP contribution in [0.3, 0.4) is 0 Å². The summed E-state index contributed by atoms with van der Waals surface area (Å²) in [4.78, 5) is 10.8. The van der Waals surface area contributed by atoms with Crippen molar-refractivity contribution in [2.24, 2.45) is 0 Å². The highest BCUT2D eigenvalue weighted by atomic mass is 19.3. The van der Waals surface area contributed by atoms with Crippen LogP contribution in [0.15, 0.2) is 11.6 Å². The molecule has 0 atom stereocenters. The van der Waals surface area contributed by atoms with Gasteiger partial charge in [0.15, 0.2) is 0 Å². The molecule has 0 saturated carbocycles. The van der Waals surface area contributed by atoms with Gasteiger partial charge in [-0.05, 0) is 6.92 Å². The first-order chi connectivity index (χ1) is 6.07. The number of nitrogens with one attached hydrogen (secondary N) is 1. The molecule has 0 unspecified atom stereocenters. The summed E-state index contributed by atoms with van der Waals surface area (Å²) in [6.45, 7) is 1.44. The van der Waals surface area contributed by atoms with Crippen LogP contribution in [0, 0.1) is 0 Å². The van der Waals surface area contributed by atoms with Gasteiger partial charge >= 0.3 is 5.97 Å². The minimum absolute atomic E-state index is 0.241. The number of rotatable bonds is 5. The van der Waals surface area contributed by atoms with E-state index in [0.29, 0.717) is 5.57 Å². The molecule has 0 aliphatic rings. The zero-order chi connectivity index (χ0) is 10.3. The number of alkyl halides is 2. The topological polar surface area (TPSA) is 38.3 Å². The highest BCUT2D eigenvalue weighted by Crippen LogP contribution is 1.94. The highest BCUT2D eigenvalue weighted by molar-refractivity contribution is 5.87. The van der Waals surface area contributed by atoms with Crippen molar-refractivity contribution in [2.75, 3.05) is 20.2 Å². The summed E-state index contributed by atoms with van der Waals surface area (Å²) in [6, 6.07) is 0. The Balaban J connectivity index is 3.65. The zero-order valence-corrected chi connectivity index (χ0v) is 7.64. The number of hydrogen-bond acceptors (Lipinski definition) is 3. The molecule has 0 fully saturated rings. The van der Waals surface area contributed by atoms with Gasteiger partial charge < -0.3 is 10.1 Å². The van der Waals surface area contributed by atoms with E-state index >= 15 is 0 Å². The molecule has 0 aromatic heterocycles. The molecule has 5 heteroatoms. The first kappa shape index (κ1) is 12.0. The third-order valence-electron chi connectivity index (χ3n) is 1.36. The summed E-state index contributed by atoms with van der Waals surface area (Å²) in [5, 5.41) is 2.46. The van der Waals surface area contributed by atoms with Gasteiger partial charge in [0.05, 0.1) is 13.7 Å². The predicted molar refractivity (Wildman–Crippen MR) is 44.6 cm³/mol. The van der Waals surface area contributed by atoms with E-state index in [2.05, 4.69) is 10.1 Å². The number of carbonyl (C=O) groups excluding carboxylic acids is 1. The third kappa shape index (κ3) is 6.21. The molecular weight excluding hydrogens is 180 g/mol. The van der Waals surface area contributed by atoms with Crippen molar-refractivity contribution in [3.8, 4) is 0 Å². The van der Waals surface area contributed by atoms with Crippen LogP contribution in [0.5, 0.6) is 0 Å². The van der Waals surface area contributed by atoms with E-state index in [4.69, 9.17) is 0 Å². The van der Waals surface area contributed by atoms with E-state index in [1.54, 1.807) is 6.92 Å². The fraction of sp³-hybridized carbons (Fsp3) is 0.625. The summed E-state index contributed by atoms with van der Waals surface area (Å²) >= 11 is 0. The number of hydrogen-bond donors (Lipinski definition) is 1. The van der Waals surface area contributed by atoms with Crippen molar-refractivity contribution >= 4 is 5.97 Å². The van der Waals surface area contributed by atoms with Crippen LogP contribution in [0.25, 0.3) is 0 Å². The molecule has 0 saturated heterocycles. The molecule has 0 heterocycles. The maximum atomic E-state index is 11.6. The Kier molecular flexibility index (Phi) is 6.05. The Morgan fingerprint density at radius 2 is 2.23 bits per heavy atom. The summed E-state index contributed by atoms with van der Waals surface area (Å²) < 4.78 is 27.6. The first-order valence-corrected chi connectivity index (χ1v) is 3.82. The lowest BCUT2D eigenvalue weighted by atomic mass is 10.3. The molecule has 0 aromatic carbocycles. The van der Waals surface area contributed by atoms with Gasteiger partial charge in [-0.25, -0.2) is 13.6 Å². The predicted octanol–water partition coefficient (Wildman–Crippen LogP) is 0.960. The molecule has 0 spiro atoms. The summed E-state index contributed by atoms with van der Waals surface area (Å²) in [6.07, 6.45) is -0.861. The molecule has 13 heavy (non-hydrogen) atoms. The van der Waals surface area contributed by atoms with E-state index < -0.39 is 12.4 Å². The Morgan fingerprint density at radius 3 is 2.69 bits per heavy atom. The van der Waals surface area contributed by atoms with Crippen molar-refractivity contribution in [2.45, 2.75) is 13.3 Å². The largest absolute Gasteiger partial charge is 0.466 e. The number of halogens is 2. The van der Waals surface area contributed by atoms with E-state index in [1.807, 2.05) is 0 Å². The molecule has 0 aromatic rings. The normalized spacial score (nSPS) is 11.9.